The average Bonchev–Trinajstić information content (AvgIpc) is 2.70. The van der Waals surface area contributed by atoms with E-state index in [1.807, 2.05) is 6.92 Å². The Morgan fingerprint density at radius 3 is 2.42 bits per heavy atom. The highest BCUT2D eigenvalue weighted by Crippen LogP contribution is 2.43. The van der Waals surface area contributed by atoms with Crippen LogP contribution in [0.15, 0.2) is 65.6 Å². The van der Waals surface area contributed by atoms with Crippen molar-refractivity contribution in [1.82, 2.24) is 4.57 Å². The van der Waals surface area contributed by atoms with E-state index in [9.17, 15) is 23.1 Å². The predicted octanol–water partition coefficient (Wildman–Crippen LogP) is 5.06. The van der Waals surface area contributed by atoms with E-state index >= 15 is 0 Å². The summed E-state index contributed by atoms with van der Waals surface area (Å²) in [5, 5.41) is 11.2. The van der Waals surface area contributed by atoms with Gasteiger partial charge in [-0.15, -0.1) is 0 Å². The molecule has 3 rings (SSSR count). The first-order chi connectivity index (χ1) is 14.5. The van der Waals surface area contributed by atoms with Crippen LogP contribution in [0.5, 0.6) is 5.75 Å². The molecular formula is C24H26F3NO3. The third kappa shape index (κ3) is 4.77. The van der Waals surface area contributed by atoms with Crippen molar-refractivity contribution < 1.29 is 23.0 Å². The lowest BCUT2D eigenvalue weighted by Crippen LogP contribution is -2.52. The first-order valence-corrected chi connectivity index (χ1v) is 10.1. The molecule has 1 N–H and O–H groups in total. The third-order valence-corrected chi connectivity index (χ3v) is 5.51. The van der Waals surface area contributed by atoms with Gasteiger partial charge in [0.1, 0.15) is 5.75 Å². The van der Waals surface area contributed by atoms with Crippen LogP contribution < -0.4 is 10.2 Å². The largest absolute Gasteiger partial charge is 0.494 e. The minimum atomic E-state index is -4.88. The Balaban J connectivity index is 2.01. The zero-order valence-electron chi connectivity index (χ0n) is 17.7. The fourth-order valence-corrected chi connectivity index (χ4v) is 3.93. The molecule has 0 fully saturated rings. The number of ether oxygens (including phenoxy) is 1. The van der Waals surface area contributed by atoms with Gasteiger partial charge in [0, 0.05) is 17.6 Å². The lowest BCUT2D eigenvalue weighted by molar-refractivity contribution is -0.271. The molecule has 0 spiro atoms. The van der Waals surface area contributed by atoms with E-state index in [0.29, 0.717) is 28.8 Å². The summed E-state index contributed by atoms with van der Waals surface area (Å²) in [6, 6.07) is 14.6. The van der Waals surface area contributed by atoms with E-state index in [0.717, 1.165) is 0 Å². The van der Waals surface area contributed by atoms with E-state index in [-0.39, 0.29) is 5.43 Å². The standard InChI is InChI=1S/C24H26F3NO3/c1-4-31-18-9-7-8-17(14-18)22(2,3)15-23(30,24(25,26)27)16-28-13-12-21(29)19-10-5-6-11-20(19)28/h5-14,30H,4,15-16H2,1-3H3. The number of halogens is 3. The maximum Gasteiger partial charge on any atom is 0.418 e. The van der Waals surface area contributed by atoms with E-state index < -0.39 is 30.2 Å². The summed E-state index contributed by atoms with van der Waals surface area (Å²) in [5.74, 6) is 0.565. The van der Waals surface area contributed by atoms with Gasteiger partial charge in [-0.25, -0.2) is 0 Å². The highest BCUT2D eigenvalue weighted by atomic mass is 19.4. The molecule has 1 atom stereocenters. The topological polar surface area (TPSA) is 51.5 Å². The number of hydrogen-bond donors (Lipinski definition) is 1. The van der Waals surface area contributed by atoms with Crippen LogP contribution in [0.4, 0.5) is 13.2 Å². The molecule has 2 aromatic carbocycles. The van der Waals surface area contributed by atoms with Crippen LogP contribution in [0.25, 0.3) is 10.9 Å². The summed E-state index contributed by atoms with van der Waals surface area (Å²) in [7, 11) is 0. The Labute approximate surface area is 178 Å². The molecular weight excluding hydrogens is 407 g/mol. The number of aliphatic hydroxyl groups is 1. The number of hydrogen-bond acceptors (Lipinski definition) is 3. The van der Waals surface area contributed by atoms with Crippen molar-refractivity contribution in [2.45, 2.75) is 50.9 Å². The highest BCUT2D eigenvalue weighted by molar-refractivity contribution is 5.78. The minimum Gasteiger partial charge on any atom is -0.494 e. The number of alkyl halides is 3. The summed E-state index contributed by atoms with van der Waals surface area (Å²) in [4.78, 5) is 12.1. The Hall–Kier alpha value is -2.80. The maximum absolute atomic E-state index is 14.2. The summed E-state index contributed by atoms with van der Waals surface area (Å²) in [5.41, 5.74) is -3.34. The molecule has 0 bridgehead atoms. The number of para-hydroxylation sites is 1. The quantitative estimate of drug-likeness (QED) is 0.567. The van der Waals surface area contributed by atoms with Gasteiger partial charge in [0.2, 0.25) is 0 Å². The summed E-state index contributed by atoms with van der Waals surface area (Å²) in [6.07, 6.45) is -4.16. The van der Waals surface area contributed by atoms with Crippen molar-refractivity contribution >= 4 is 10.9 Å². The first kappa shape index (κ1) is 22.9. The minimum absolute atomic E-state index is 0.282. The van der Waals surface area contributed by atoms with Crippen LogP contribution in [-0.2, 0) is 12.0 Å². The normalized spacial score (nSPS) is 14.4. The molecule has 1 unspecified atom stereocenters. The number of benzene rings is 2. The number of aromatic nitrogens is 1. The fourth-order valence-electron chi connectivity index (χ4n) is 3.93. The van der Waals surface area contributed by atoms with Crippen LogP contribution in [0.3, 0.4) is 0 Å². The lowest BCUT2D eigenvalue weighted by Gasteiger charge is -2.38. The molecule has 1 heterocycles. The van der Waals surface area contributed by atoms with Gasteiger partial charge >= 0.3 is 6.18 Å². The van der Waals surface area contributed by atoms with Crippen LogP contribution in [-0.4, -0.2) is 28.1 Å². The van der Waals surface area contributed by atoms with Crippen molar-refractivity contribution in [2.75, 3.05) is 6.61 Å². The van der Waals surface area contributed by atoms with Gasteiger partial charge < -0.3 is 14.4 Å². The molecule has 166 valence electrons. The molecule has 31 heavy (non-hydrogen) atoms. The second-order valence-corrected chi connectivity index (χ2v) is 8.38. The van der Waals surface area contributed by atoms with E-state index in [4.69, 9.17) is 4.74 Å². The van der Waals surface area contributed by atoms with E-state index in [2.05, 4.69) is 0 Å². The summed E-state index contributed by atoms with van der Waals surface area (Å²) >= 11 is 0. The zero-order chi connectivity index (χ0) is 22.9. The third-order valence-electron chi connectivity index (χ3n) is 5.51. The molecule has 7 heteroatoms. The molecule has 3 aromatic rings. The fraction of sp³-hybridized carbons (Fsp3) is 0.375. The molecule has 0 amide bonds. The lowest BCUT2D eigenvalue weighted by atomic mass is 9.74. The number of fused-ring (bicyclic) bond motifs is 1. The number of pyridine rings is 1. The molecule has 0 saturated carbocycles. The summed E-state index contributed by atoms with van der Waals surface area (Å²) < 4.78 is 49.3. The monoisotopic (exact) mass is 433 g/mol. The number of nitrogens with zero attached hydrogens (tertiary/aromatic N) is 1. The van der Waals surface area contributed by atoms with Crippen molar-refractivity contribution in [3.05, 3.63) is 76.6 Å². The second-order valence-electron chi connectivity index (χ2n) is 8.38. The zero-order valence-corrected chi connectivity index (χ0v) is 17.7. The van der Waals surface area contributed by atoms with Gasteiger partial charge in [-0.2, -0.15) is 13.2 Å². The van der Waals surface area contributed by atoms with E-state index in [1.54, 1.807) is 62.4 Å². The van der Waals surface area contributed by atoms with Crippen molar-refractivity contribution in [2.24, 2.45) is 0 Å². The molecule has 4 nitrogen and oxygen atoms in total. The Kier molecular flexibility index (Phi) is 6.18. The van der Waals surface area contributed by atoms with Gasteiger partial charge in [-0.1, -0.05) is 38.1 Å². The van der Waals surface area contributed by atoms with Crippen LogP contribution in [0.1, 0.15) is 32.8 Å². The van der Waals surface area contributed by atoms with Gasteiger partial charge in [0.15, 0.2) is 11.0 Å². The molecule has 0 aliphatic heterocycles. The Morgan fingerprint density at radius 1 is 1.03 bits per heavy atom. The van der Waals surface area contributed by atoms with Gasteiger partial charge in [-0.3, -0.25) is 4.79 Å². The average molecular weight is 433 g/mol. The van der Waals surface area contributed by atoms with Crippen molar-refractivity contribution in [3.63, 3.8) is 0 Å². The van der Waals surface area contributed by atoms with Crippen LogP contribution in [0, 0.1) is 0 Å². The van der Waals surface area contributed by atoms with Gasteiger partial charge in [0.05, 0.1) is 18.7 Å². The highest BCUT2D eigenvalue weighted by Gasteiger charge is 2.56. The van der Waals surface area contributed by atoms with Crippen molar-refractivity contribution in [1.29, 1.82) is 0 Å². The first-order valence-electron chi connectivity index (χ1n) is 10.1. The van der Waals surface area contributed by atoms with Crippen LogP contribution in [0.2, 0.25) is 0 Å². The maximum atomic E-state index is 14.2. The molecule has 0 aliphatic carbocycles. The molecule has 0 radical (unpaired) electrons. The summed E-state index contributed by atoms with van der Waals surface area (Å²) in [6.45, 7) is 4.87. The van der Waals surface area contributed by atoms with Crippen molar-refractivity contribution in [3.8, 4) is 5.75 Å². The number of rotatable bonds is 7. The second kappa shape index (κ2) is 8.38. The molecule has 1 aromatic heterocycles. The van der Waals surface area contributed by atoms with Gasteiger partial charge in [0.25, 0.3) is 0 Å². The molecule has 0 aliphatic rings. The van der Waals surface area contributed by atoms with E-state index in [1.165, 1.54) is 16.8 Å². The predicted molar refractivity (Wildman–Crippen MR) is 114 cm³/mol. The molecule has 0 saturated heterocycles. The van der Waals surface area contributed by atoms with Gasteiger partial charge in [-0.05, 0) is 48.6 Å². The Morgan fingerprint density at radius 2 is 1.74 bits per heavy atom. The van der Waals surface area contributed by atoms with Crippen LogP contribution >= 0.6 is 0 Å². The Bertz CT molecular complexity index is 1120. The smallest absolute Gasteiger partial charge is 0.418 e. The SMILES string of the molecule is CCOc1cccc(C(C)(C)CC(O)(Cn2ccc(=O)c3ccccc32)C(F)(F)F)c1.